The van der Waals surface area contributed by atoms with E-state index in [1.807, 2.05) is 0 Å². The smallest absolute Gasteiger partial charge is 0.407 e. The molecule has 0 bridgehead atoms. The van der Waals surface area contributed by atoms with Crippen LogP contribution in [0.1, 0.15) is 19.8 Å². The number of hydrogen-bond acceptors (Lipinski definition) is 2. The van der Waals surface area contributed by atoms with Crippen molar-refractivity contribution in [1.29, 1.82) is 0 Å². The fourth-order valence-electron chi connectivity index (χ4n) is 0.830. The topological polar surface area (TPSA) is 38.3 Å². The first-order valence-corrected chi connectivity index (χ1v) is 5.17. The maximum Gasteiger partial charge on any atom is 0.407 e. The number of alkyl carbamates (subject to hydrolysis) is 1. The summed E-state index contributed by atoms with van der Waals surface area (Å²) < 4.78 is 5.81. The molecule has 1 amide bonds. The fraction of sp³-hybridized carbons (Fsp3) is 0.900. The maximum absolute atomic E-state index is 11.1. The second kappa shape index (κ2) is 6.65. The molecule has 0 saturated heterocycles. The van der Waals surface area contributed by atoms with Crippen molar-refractivity contribution in [3.63, 3.8) is 0 Å². The van der Waals surface area contributed by atoms with Crippen LogP contribution in [-0.2, 0) is 4.74 Å². The summed E-state index contributed by atoms with van der Waals surface area (Å²) in [6.45, 7) is 4.10. The van der Waals surface area contributed by atoms with Gasteiger partial charge in [-0.2, -0.15) is 0 Å². The Morgan fingerprint density at radius 3 is 2.50 bits per heavy atom. The van der Waals surface area contributed by atoms with Gasteiger partial charge < -0.3 is 14.5 Å². The Kier molecular flexibility index (Phi) is 6.28. The monoisotopic (exact) mass is 203 g/mol. The number of nitrogens with one attached hydrogen (secondary N) is 1. The molecule has 0 aliphatic carbocycles. The van der Waals surface area contributed by atoms with E-state index in [1.54, 1.807) is 0 Å². The molecule has 0 fully saturated rings. The number of rotatable bonds is 6. The SMILES string of the molecule is CCCCNC(=O)OCC[N+](C)(C)C. The van der Waals surface area contributed by atoms with E-state index < -0.39 is 0 Å². The highest BCUT2D eigenvalue weighted by molar-refractivity contribution is 5.66. The summed E-state index contributed by atoms with van der Waals surface area (Å²) in [6.07, 6.45) is 1.79. The number of nitrogens with zero attached hydrogens (tertiary/aromatic N) is 1. The van der Waals surface area contributed by atoms with Gasteiger partial charge in [-0.1, -0.05) is 13.3 Å². The average Bonchev–Trinajstić information content (AvgIpc) is 2.02. The third-order valence-electron chi connectivity index (χ3n) is 1.79. The molecule has 14 heavy (non-hydrogen) atoms. The van der Waals surface area contributed by atoms with Gasteiger partial charge >= 0.3 is 6.09 Å². The van der Waals surface area contributed by atoms with Gasteiger partial charge in [0.15, 0.2) is 0 Å². The van der Waals surface area contributed by atoms with Crippen molar-refractivity contribution >= 4 is 6.09 Å². The van der Waals surface area contributed by atoms with Crippen LogP contribution < -0.4 is 5.32 Å². The van der Waals surface area contributed by atoms with Crippen LogP contribution in [0.4, 0.5) is 4.79 Å². The zero-order valence-electron chi connectivity index (χ0n) is 9.80. The minimum Gasteiger partial charge on any atom is -0.444 e. The minimum absolute atomic E-state index is 0.299. The molecule has 0 aromatic rings. The van der Waals surface area contributed by atoms with Crippen molar-refractivity contribution in [2.75, 3.05) is 40.8 Å². The molecular formula is C10H23N2O2+. The lowest BCUT2D eigenvalue weighted by Crippen LogP contribution is -2.39. The summed E-state index contributed by atoms with van der Waals surface area (Å²) in [5.74, 6) is 0. The van der Waals surface area contributed by atoms with Crippen LogP contribution >= 0.6 is 0 Å². The summed E-state index contributed by atoms with van der Waals surface area (Å²) in [4.78, 5) is 11.1. The molecular weight excluding hydrogens is 180 g/mol. The van der Waals surface area contributed by atoms with E-state index in [4.69, 9.17) is 4.74 Å². The lowest BCUT2D eigenvalue weighted by molar-refractivity contribution is -0.870. The lowest BCUT2D eigenvalue weighted by Gasteiger charge is -2.23. The molecule has 0 aliphatic rings. The fourth-order valence-corrected chi connectivity index (χ4v) is 0.830. The third kappa shape index (κ3) is 9.32. The second-order valence-corrected chi connectivity index (χ2v) is 4.43. The molecule has 0 aliphatic heterocycles. The third-order valence-corrected chi connectivity index (χ3v) is 1.79. The predicted molar refractivity (Wildman–Crippen MR) is 57.2 cm³/mol. The molecule has 0 spiro atoms. The standard InChI is InChI=1S/C10H22N2O2/c1-5-6-7-11-10(13)14-9-8-12(2,3)4/h5-9H2,1-4H3/p+1. The Morgan fingerprint density at radius 2 is 2.00 bits per heavy atom. The van der Waals surface area contributed by atoms with Gasteiger partial charge in [0.2, 0.25) is 0 Å². The van der Waals surface area contributed by atoms with E-state index >= 15 is 0 Å². The largest absolute Gasteiger partial charge is 0.444 e. The van der Waals surface area contributed by atoms with Gasteiger partial charge in [0, 0.05) is 6.54 Å². The van der Waals surface area contributed by atoms with Gasteiger partial charge in [-0.15, -0.1) is 0 Å². The lowest BCUT2D eigenvalue weighted by atomic mass is 10.3. The first-order chi connectivity index (χ1) is 6.45. The van der Waals surface area contributed by atoms with E-state index in [0.717, 1.165) is 23.9 Å². The number of quaternary nitrogens is 1. The van der Waals surface area contributed by atoms with Crippen molar-refractivity contribution < 1.29 is 14.0 Å². The van der Waals surface area contributed by atoms with Gasteiger partial charge in [0.1, 0.15) is 13.2 Å². The van der Waals surface area contributed by atoms with Gasteiger partial charge in [-0.3, -0.25) is 0 Å². The molecule has 0 saturated carbocycles. The highest BCUT2D eigenvalue weighted by atomic mass is 16.5. The zero-order chi connectivity index (χ0) is 11.0. The Labute approximate surface area is 86.8 Å². The number of likely N-dealkylation sites (N-methyl/N-ethyl adjacent to an activating group) is 1. The summed E-state index contributed by atoms with van der Waals surface area (Å²) >= 11 is 0. The molecule has 0 heterocycles. The van der Waals surface area contributed by atoms with E-state index in [-0.39, 0.29) is 6.09 Å². The Bertz CT molecular complexity index is 164. The Morgan fingerprint density at radius 1 is 1.36 bits per heavy atom. The maximum atomic E-state index is 11.1. The van der Waals surface area contributed by atoms with E-state index in [9.17, 15) is 4.79 Å². The van der Waals surface area contributed by atoms with Crippen molar-refractivity contribution in [3.05, 3.63) is 0 Å². The van der Waals surface area contributed by atoms with Crippen LogP contribution in [0.5, 0.6) is 0 Å². The van der Waals surface area contributed by atoms with E-state index in [0.29, 0.717) is 13.2 Å². The summed E-state index contributed by atoms with van der Waals surface area (Å²) in [5, 5.41) is 2.70. The first-order valence-electron chi connectivity index (χ1n) is 5.17. The number of carbonyl (C=O) groups excluding carboxylic acids is 1. The first kappa shape index (κ1) is 13.2. The Balaban J connectivity index is 3.36. The van der Waals surface area contributed by atoms with Crippen LogP contribution in [-0.4, -0.2) is 51.4 Å². The highest BCUT2D eigenvalue weighted by Crippen LogP contribution is 1.90. The van der Waals surface area contributed by atoms with E-state index in [2.05, 4.69) is 33.4 Å². The molecule has 4 heteroatoms. The zero-order valence-corrected chi connectivity index (χ0v) is 9.80. The highest BCUT2D eigenvalue weighted by Gasteiger charge is 2.08. The van der Waals surface area contributed by atoms with Crippen LogP contribution in [0.15, 0.2) is 0 Å². The molecule has 0 unspecified atom stereocenters. The summed E-state index contributed by atoms with van der Waals surface area (Å²) in [6, 6.07) is 0. The summed E-state index contributed by atoms with van der Waals surface area (Å²) in [5.41, 5.74) is 0. The molecule has 0 aromatic carbocycles. The number of carbonyl (C=O) groups is 1. The molecule has 0 radical (unpaired) electrons. The molecule has 0 aromatic heterocycles. The molecule has 84 valence electrons. The van der Waals surface area contributed by atoms with Crippen LogP contribution in [0.2, 0.25) is 0 Å². The number of hydrogen-bond donors (Lipinski definition) is 1. The molecule has 0 rings (SSSR count). The molecule has 1 N–H and O–H groups in total. The number of amides is 1. The van der Waals surface area contributed by atoms with Crippen LogP contribution in [0.3, 0.4) is 0 Å². The Hall–Kier alpha value is -0.770. The van der Waals surface area contributed by atoms with E-state index in [1.165, 1.54) is 0 Å². The minimum atomic E-state index is -0.299. The van der Waals surface area contributed by atoms with Gasteiger partial charge in [-0.05, 0) is 6.42 Å². The number of ether oxygens (including phenoxy) is 1. The van der Waals surface area contributed by atoms with Crippen molar-refractivity contribution in [2.24, 2.45) is 0 Å². The van der Waals surface area contributed by atoms with Crippen molar-refractivity contribution in [1.82, 2.24) is 5.32 Å². The van der Waals surface area contributed by atoms with Crippen molar-refractivity contribution in [3.8, 4) is 0 Å². The number of unbranched alkanes of at least 4 members (excludes halogenated alkanes) is 1. The van der Waals surface area contributed by atoms with Gasteiger partial charge in [0.05, 0.1) is 21.1 Å². The van der Waals surface area contributed by atoms with Crippen molar-refractivity contribution in [2.45, 2.75) is 19.8 Å². The molecule has 0 atom stereocenters. The molecule has 4 nitrogen and oxygen atoms in total. The van der Waals surface area contributed by atoms with Crippen LogP contribution in [0.25, 0.3) is 0 Å². The van der Waals surface area contributed by atoms with Gasteiger partial charge in [-0.25, -0.2) is 4.79 Å². The predicted octanol–water partition coefficient (Wildman–Crippen LogP) is 1.22. The average molecular weight is 203 g/mol. The quantitative estimate of drug-likeness (QED) is 0.520. The van der Waals surface area contributed by atoms with Gasteiger partial charge in [0.25, 0.3) is 0 Å². The van der Waals surface area contributed by atoms with Crippen LogP contribution in [0, 0.1) is 0 Å². The normalized spacial score (nSPS) is 11.1. The second-order valence-electron chi connectivity index (χ2n) is 4.43. The summed E-state index contributed by atoms with van der Waals surface area (Å²) in [7, 11) is 6.20.